The molecule has 2 rings (SSSR count). The van der Waals surface area contributed by atoms with Crippen molar-refractivity contribution in [2.24, 2.45) is 11.3 Å². The van der Waals surface area contributed by atoms with Gasteiger partial charge in [0.2, 0.25) is 0 Å². The van der Waals surface area contributed by atoms with Crippen molar-refractivity contribution in [2.75, 3.05) is 0 Å². The summed E-state index contributed by atoms with van der Waals surface area (Å²) < 4.78 is 0. The Morgan fingerprint density at radius 3 is 2.47 bits per heavy atom. The Morgan fingerprint density at radius 2 is 1.87 bits per heavy atom. The van der Waals surface area contributed by atoms with Crippen LogP contribution >= 0.6 is 0 Å². The van der Waals surface area contributed by atoms with Gasteiger partial charge >= 0.3 is 0 Å². The molecule has 0 heterocycles. The number of hydrogen-bond donors (Lipinski definition) is 1. The molecule has 0 aliphatic heterocycles. The molecule has 1 atom stereocenters. The van der Waals surface area contributed by atoms with E-state index in [2.05, 4.69) is 13.0 Å². The second-order valence-corrected chi connectivity index (χ2v) is 5.29. The molecule has 2 aliphatic carbocycles. The summed E-state index contributed by atoms with van der Waals surface area (Å²) in [5, 5.41) is 10.1. The van der Waals surface area contributed by atoms with Gasteiger partial charge in [0, 0.05) is 5.41 Å². The van der Waals surface area contributed by atoms with Crippen LogP contribution in [0, 0.1) is 11.3 Å². The van der Waals surface area contributed by atoms with Crippen molar-refractivity contribution < 1.29 is 5.11 Å². The highest BCUT2D eigenvalue weighted by Crippen LogP contribution is 2.45. The molecule has 0 aromatic carbocycles. The van der Waals surface area contributed by atoms with E-state index in [9.17, 15) is 5.11 Å². The van der Waals surface area contributed by atoms with Crippen molar-refractivity contribution in [2.45, 2.75) is 51.9 Å². The molecule has 1 saturated carbocycles. The van der Waals surface area contributed by atoms with Crippen molar-refractivity contribution in [3.05, 3.63) is 24.0 Å². The molecule has 0 saturated heterocycles. The molecular weight excluding hydrogens is 184 g/mol. The van der Waals surface area contributed by atoms with Gasteiger partial charge in [0.25, 0.3) is 0 Å². The lowest BCUT2D eigenvalue weighted by atomic mass is 9.68. The fourth-order valence-corrected chi connectivity index (χ4v) is 3.06. The third-order valence-electron chi connectivity index (χ3n) is 4.27. The first-order valence-corrected chi connectivity index (χ1v) is 6.30. The second-order valence-electron chi connectivity index (χ2n) is 5.29. The predicted molar refractivity (Wildman–Crippen MR) is 63.8 cm³/mol. The molecule has 0 aromatic heterocycles. The molecule has 1 unspecified atom stereocenters. The number of aliphatic hydroxyl groups excluding tert-OH is 1. The summed E-state index contributed by atoms with van der Waals surface area (Å²) in [6, 6.07) is 0. The smallest absolute Gasteiger partial charge is 0.0987 e. The van der Waals surface area contributed by atoms with Crippen molar-refractivity contribution in [1.82, 2.24) is 0 Å². The highest BCUT2D eigenvalue weighted by molar-refractivity contribution is 5.21. The van der Waals surface area contributed by atoms with E-state index in [1.165, 1.54) is 38.5 Å². The van der Waals surface area contributed by atoms with Crippen LogP contribution in [0.25, 0.3) is 0 Å². The SMILES string of the molecule is CC1(C2CCCCCC2)CC=CC=C1O. The van der Waals surface area contributed by atoms with Crippen LogP contribution in [0.2, 0.25) is 0 Å². The van der Waals surface area contributed by atoms with Crippen molar-refractivity contribution in [1.29, 1.82) is 0 Å². The Bertz CT molecular complexity index is 269. The van der Waals surface area contributed by atoms with Crippen LogP contribution in [0.3, 0.4) is 0 Å². The zero-order valence-corrected chi connectivity index (χ0v) is 9.71. The van der Waals surface area contributed by atoms with E-state index >= 15 is 0 Å². The molecule has 0 aromatic rings. The largest absolute Gasteiger partial charge is 0.512 e. The van der Waals surface area contributed by atoms with Crippen LogP contribution in [0.5, 0.6) is 0 Å². The average molecular weight is 206 g/mol. The Kier molecular flexibility index (Phi) is 3.18. The molecule has 1 N–H and O–H groups in total. The Hall–Kier alpha value is -0.720. The van der Waals surface area contributed by atoms with Gasteiger partial charge in [0.05, 0.1) is 5.76 Å². The van der Waals surface area contributed by atoms with Crippen LogP contribution in [0.1, 0.15) is 51.9 Å². The maximum Gasteiger partial charge on any atom is 0.0987 e. The lowest BCUT2D eigenvalue weighted by molar-refractivity contribution is 0.138. The van der Waals surface area contributed by atoms with Crippen LogP contribution < -0.4 is 0 Å². The van der Waals surface area contributed by atoms with Crippen LogP contribution in [0.4, 0.5) is 0 Å². The number of hydrogen-bond acceptors (Lipinski definition) is 1. The molecule has 84 valence electrons. The highest BCUT2D eigenvalue weighted by Gasteiger charge is 2.37. The Balaban J connectivity index is 2.13. The monoisotopic (exact) mass is 206 g/mol. The van der Waals surface area contributed by atoms with Gasteiger partial charge in [-0.05, 0) is 31.3 Å². The minimum Gasteiger partial charge on any atom is -0.512 e. The van der Waals surface area contributed by atoms with Gasteiger partial charge in [-0.3, -0.25) is 0 Å². The van der Waals surface area contributed by atoms with Crippen molar-refractivity contribution in [3.8, 4) is 0 Å². The number of rotatable bonds is 1. The van der Waals surface area contributed by atoms with E-state index in [1.54, 1.807) is 0 Å². The van der Waals surface area contributed by atoms with E-state index in [-0.39, 0.29) is 5.41 Å². The van der Waals surface area contributed by atoms with Gasteiger partial charge in [-0.1, -0.05) is 44.8 Å². The number of allylic oxidation sites excluding steroid dienone is 4. The summed E-state index contributed by atoms with van der Waals surface area (Å²) in [6.45, 7) is 2.23. The molecule has 0 spiro atoms. The van der Waals surface area contributed by atoms with Crippen LogP contribution in [0.15, 0.2) is 24.0 Å². The van der Waals surface area contributed by atoms with Gasteiger partial charge in [-0.2, -0.15) is 0 Å². The zero-order chi connectivity index (χ0) is 10.7. The van der Waals surface area contributed by atoms with E-state index in [0.717, 1.165) is 6.42 Å². The fourth-order valence-electron chi connectivity index (χ4n) is 3.06. The van der Waals surface area contributed by atoms with E-state index < -0.39 is 0 Å². The second kappa shape index (κ2) is 4.42. The van der Waals surface area contributed by atoms with Crippen molar-refractivity contribution >= 4 is 0 Å². The third-order valence-corrected chi connectivity index (χ3v) is 4.27. The van der Waals surface area contributed by atoms with Gasteiger partial charge in [-0.15, -0.1) is 0 Å². The summed E-state index contributed by atoms with van der Waals surface area (Å²) in [4.78, 5) is 0. The standard InChI is InChI=1S/C14H22O/c1-14(11-7-6-10-13(14)15)12-8-4-2-3-5-9-12/h6-7,10,12,15H,2-5,8-9,11H2,1H3. The first-order chi connectivity index (χ1) is 7.23. The van der Waals surface area contributed by atoms with Crippen LogP contribution in [-0.2, 0) is 0 Å². The summed E-state index contributed by atoms with van der Waals surface area (Å²) in [5.74, 6) is 1.29. The lowest BCUT2D eigenvalue weighted by Crippen LogP contribution is -2.30. The van der Waals surface area contributed by atoms with Crippen molar-refractivity contribution in [3.63, 3.8) is 0 Å². The number of aliphatic hydroxyl groups is 1. The maximum absolute atomic E-state index is 10.1. The lowest BCUT2D eigenvalue weighted by Gasteiger charge is -2.37. The van der Waals surface area contributed by atoms with Gasteiger partial charge < -0.3 is 5.11 Å². The highest BCUT2D eigenvalue weighted by atomic mass is 16.3. The maximum atomic E-state index is 10.1. The molecule has 1 nitrogen and oxygen atoms in total. The van der Waals surface area contributed by atoms with E-state index in [4.69, 9.17) is 0 Å². The van der Waals surface area contributed by atoms with E-state index in [0.29, 0.717) is 11.7 Å². The topological polar surface area (TPSA) is 20.2 Å². The summed E-state index contributed by atoms with van der Waals surface area (Å²) >= 11 is 0. The summed E-state index contributed by atoms with van der Waals surface area (Å²) in [7, 11) is 0. The zero-order valence-electron chi connectivity index (χ0n) is 9.71. The van der Waals surface area contributed by atoms with Gasteiger partial charge in [0.1, 0.15) is 0 Å². The third kappa shape index (κ3) is 2.11. The summed E-state index contributed by atoms with van der Waals surface area (Å²) in [5.41, 5.74) is 0.0269. The molecular formula is C14H22O. The first kappa shape index (κ1) is 10.8. The minimum atomic E-state index is 0.0269. The normalized spacial score (nSPS) is 33.5. The Labute approximate surface area is 92.9 Å². The molecule has 0 bridgehead atoms. The molecule has 1 heteroatoms. The predicted octanol–water partition coefficient (Wildman–Crippen LogP) is 4.36. The Morgan fingerprint density at radius 1 is 1.20 bits per heavy atom. The minimum absolute atomic E-state index is 0.0269. The van der Waals surface area contributed by atoms with Gasteiger partial charge in [0.15, 0.2) is 0 Å². The van der Waals surface area contributed by atoms with Crippen LogP contribution in [-0.4, -0.2) is 5.11 Å². The average Bonchev–Trinajstić information content (AvgIpc) is 2.51. The molecule has 0 radical (unpaired) electrons. The van der Waals surface area contributed by atoms with E-state index in [1.807, 2.05) is 12.2 Å². The molecule has 1 fully saturated rings. The first-order valence-electron chi connectivity index (χ1n) is 6.30. The molecule has 15 heavy (non-hydrogen) atoms. The molecule has 0 amide bonds. The fraction of sp³-hybridized carbons (Fsp3) is 0.714. The summed E-state index contributed by atoms with van der Waals surface area (Å²) in [6.07, 6.45) is 15.1. The molecule has 2 aliphatic rings. The van der Waals surface area contributed by atoms with Gasteiger partial charge in [-0.25, -0.2) is 0 Å². The quantitative estimate of drug-likeness (QED) is 0.632.